The highest BCUT2D eigenvalue weighted by atomic mass is 32.2. The number of ether oxygens (including phenoxy) is 1. The Morgan fingerprint density at radius 2 is 1.92 bits per heavy atom. The number of carbonyl (C=O) groups is 2. The highest BCUT2D eigenvalue weighted by molar-refractivity contribution is 7.91. The van der Waals surface area contributed by atoms with Gasteiger partial charge in [-0.1, -0.05) is 17.7 Å². The highest BCUT2D eigenvalue weighted by Crippen LogP contribution is 2.39. The lowest BCUT2D eigenvalue weighted by molar-refractivity contribution is -0.148. The summed E-state index contributed by atoms with van der Waals surface area (Å²) in [6.07, 6.45) is 1.41. The van der Waals surface area contributed by atoms with Crippen LogP contribution in [0.2, 0.25) is 0 Å². The maximum Gasteiger partial charge on any atom is 0.307 e. The Hall–Kier alpha value is -2.40. The molecule has 1 aliphatic rings. The van der Waals surface area contributed by atoms with Crippen molar-refractivity contribution >= 4 is 21.7 Å². The van der Waals surface area contributed by atoms with Gasteiger partial charge in [-0.05, 0) is 44.7 Å². The predicted molar refractivity (Wildman–Crippen MR) is 93.7 cm³/mol. The van der Waals surface area contributed by atoms with E-state index in [1.165, 1.54) is 12.1 Å². The second kappa shape index (κ2) is 7.87. The normalized spacial score (nSPS) is 16.2. The third kappa shape index (κ3) is 5.30. The zero-order chi connectivity index (χ0) is 19.4. The van der Waals surface area contributed by atoms with E-state index in [0.717, 1.165) is 18.4 Å². The molecule has 1 fully saturated rings. The van der Waals surface area contributed by atoms with E-state index >= 15 is 0 Å². The summed E-state index contributed by atoms with van der Waals surface area (Å²) in [6, 6.07) is 8.42. The van der Waals surface area contributed by atoms with Gasteiger partial charge in [0.2, 0.25) is 0 Å². The van der Waals surface area contributed by atoms with Crippen molar-refractivity contribution in [2.75, 3.05) is 12.4 Å². The van der Waals surface area contributed by atoms with E-state index in [9.17, 15) is 23.3 Å². The van der Waals surface area contributed by atoms with E-state index in [0.29, 0.717) is 0 Å². The van der Waals surface area contributed by atoms with Gasteiger partial charge in [0.25, 0.3) is 5.91 Å². The van der Waals surface area contributed by atoms with Gasteiger partial charge < -0.3 is 10.1 Å². The molecule has 1 aromatic carbocycles. The van der Waals surface area contributed by atoms with E-state index in [2.05, 4.69) is 11.4 Å². The van der Waals surface area contributed by atoms with Gasteiger partial charge in [-0.15, -0.1) is 0 Å². The van der Waals surface area contributed by atoms with Crippen molar-refractivity contribution in [1.29, 1.82) is 5.26 Å². The van der Waals surface area contributed by atoms with Gasteiger partial charge in [0.1, 0.15) is 5.54 Å². The van der Waals surface area contributed by atoms with Crippen molar-refractivity contribution in [3.63, 3.8) is 0 Å². The smallest absolute Gasteiger partial charge is 0.307 e. The first kappa shape index (κ1) is 19.9. The van der Waals surface area contributed by atoms with E-state index in [4.69, 9.17) is 4.74 Å². The SMILES string of the molecule is Cc1ccc(S(=O)(=O)CCC(=O)OCC(=O)N[C@](C)(C#N)C2CC2)cc1. The van der Waals surface area contributed by atoms with Gasteiger partial charge in [-0.2, -0.15) is 5.26 Å². The Bertz CT molecular complexity index is 822. The maximum atomic E-state index is 12.2. The molecule has 1 saturated carbocycles. The Kier molecular flexibility index (Phi) is 6.03. The number of nitrogens with one attached hydrogen (secondary N) is 1. The first-order chi connectivity index (χ1) is 12.2. The molecule has 2 rings (SSSR count). The fraction of sp³-hybridized carbons (Fsp3) is 0.500. The average molecular weight is 378 g/mol. The number of rotatable bonds is 8. The Morgan fingerprint density at radius 3 is 2.46 bits per heavy atom. The van der Waals surface area contributed by atoms with E-state index < -0.39 is 39.6 Å². The second-order valence-electron chi connectivity index (χ2n) is 6.68. The molecule has 0 saturated heterocycles. The monoisotopic (exact) mass is 378 g/mol. The zero-order valence-electron chi connectivity index (χ0n) is 14.8. The van der Waals surface area contributed by atoms with Crippen molar-refractivity contribution in [2.24, 2.45) is 5.92 Å². The van der Waals surface area contributed by atoms with Crippen molar-refractivity contribution in [1.82, 2.24) is 5.32 Å². The molecule has 0 spiro atoms. The minimum atomic E-state index is -3.59. The van der Waals surface area contributed by atoms with E-state index in [-0.39, 0.29) is 17.2 Å². The molecule has 0 radical (unpaired) electrons. The molecule has 0 bridgehead atoms. The molecule has 0 aromatic heterocycles. The number of carbonyl (C=O) groups excluding carboxylic acids is 2. The zero-order valence-corrected chi connectivity index (χ0v) is 15.6. The summed E-state index contributed by atoms with van der Waals surface area (Å²) < 4.78 is 29.2. The molecule has 0 heterocycles. The number of benzene rings is 1. The second-order valence-corrected chi connectivity index (χ2v) is 8.79. The predicted octanol–water partition coefficient (Wildman–Crippen LogP) is 1.51. The molecule has 26 heavy (non-hydrogen) atoms. The van der Waals surface area contributed by atoms with Crippen molar-refractivity contribution in [3.05, 3.63) is 29.8 Å². The summed E-state index contributed by atoms with van der Waals surface area (Å²) in [4.78, 5) is 23.7. The van der Waals surface area contributed by atoms with Crippen LogP contribution in [0.15, 0.2) is 29.2 Å². The lowest BCUT2D eigenvalue weighted by atomic mass is 9.98. The largest absolute Gasteiger partial charge is 0.456 e. The van der Waals surface area contributed by atoms with Crippen molar-refractivity contribution in [2.45, 2.75) is 43.5 Å². The van der Waals surface area contributed by atoms with Crippen LogP contribution in [-0.4, -0.2) is 38.2 Å². The lowest BCUT2D eigenvalue weighted by Crippen LogP contribution is -2.48. The molecule has 1 atom stereocenters. The molecular formula is C18H22N2O5S. The summed E-state index contributed by atoms with van der Waals surface area (Å²) >= 11 is 0. The fourth-order valence-corrected chi connectivity index (χ4v) is 3.73. The van der Waals surface area contributed by atoms with Crippen molar-refractivity contribution < 1.29 is 22.7 Å². The first-order valence-electron chi connectivity index (χ1n) is 8.33. The summed E-state index contributed by atoms with van der Waals surface area (Å²) in [5, 5.41) is 11.8. The molecule has 140 valence electrons. The Balaban J connectivity index is 1.79. The van der Waals surface area contributed by atoms with Gasteiger partial charge in [0.05, 0.1) is 23.1 Å². The number of amides is 1. The first-order valence-corrected chi connectivity index (χ1v) is 9.99. The minimum absolute atomic E-state index is 0.117. The lowest BCUT2D eigenvalue weighted by Gasteiger charge is -2.22. The molecule has 1 N–H and O–H groups in total. The van der Waals surface area contributed by atoms with Crippen LogP contribution in [0.3, 0.4) is 0 Å². The number of nitriles is 1. The van der Waals surface area contributed by atoms with Crippen LogP contribution in [0.25, 0.3) is 0 Å². The minimum Gasteiger partial charge on any atom is -0.456 e. The van der Waals surface area contributed by atoms with Gasteiger partial charge in [-0.3, -0.25) is 9.59 Å². The van der Waals surface area contributed by atoms with Crippen molar-refractivity contribution in [3.8, 4) is 6.07 Å². The summed E-state index contributed by atoms with van der Waals surface area (Å²) in [5.74, 6) is -1.63. The van der Waals surface area contributed by atoms with Crippen LogP contribution in [0.1, 0.15) is 31.7 Å². The van der Waals surface area contributed by atoms with Gasteiger partial charge in [0, 0.05) is 0 Å². The van der Waals surface area contributed by atoms with Crippen LogP contribution in [0.5, 0.6) is 0 Å². The highest BCUT2D eigenvalue weighted by Gasteiger charge is 2.43. The molecule has 0 aliphatic heterocycles. The standard InChI is InChI=1S/C18H22N2O5S/c1-13-3-7-15(8-4-13)26(23,24)10-9-17(22)25-11-16(21)20-18(2,12-19)14-5-6-14/h3-4,7-8,14H,5-6,9-11H2,1-2H3,(H,20,21)/t18-/m1/s1. The van der Waals surface area contributed by atoms with Gasteiger partial charge in [-0.25, -0.2) is 8.42 Å². The molecule has 0 unspecified atom stereocenters. The van der Waals surface area contributed by atoms with E-state index in [1.54, 1.807) is 19.1 Å². The van der Waals surface area contributed by atoms with Crippen LogP contribution >= 0.6 is 0 Å². The van der Waals surface area contributed by atoms with Crippen LogP contribution in [-0.2, 0) is 24.2 Å². The van der Waals surface area contributed by atoms with E-state index in [1.807, 2.05) is 6.92 Å². The number of sulfone groups is 1. The van der Waals surface area contributed by atoms with Crippen LogP contribution in [0.4, 0.5) is 0 Å². The number of esters is 1. The number of hydrogen-bond acceptors (Lipinski definition) is 6. The molecule has 8 heteroatoms. The van der Waals surface area contributed by atoms with Gasteiger partial charge in [0.15, 0.2) is 16.4 Å². The molecule has 1 amide bonds. The summed E-state index contributed by atoms with van der Waals surface area (Å²) in [6.45, 7) is 2.95. The topological polar surface area (TPSA) is 113 Å². The van der Waals surface area contributed by atoms with Gasteiger partial charge >= 0.3 is 5.97 Å². The quantitative estimate of drug-likeness (QED) is 0.686. The fourth-order valence-electron chi connectivity index (χ4n) is 2.51. The summed E-state index contributed by atoms with van der Waals surface area (Å²) in [7, 11) is -3.59. The molecule has 1 aliphatic carbocycles. The Labute approximate surface area is 153 Å². The summed E-state index contributed by atoms with van der Waals surface area (Å²) in [5.41, 5.74) is -0.0249. The Morgan fingerprint density at radius 1 is 1.31 bits per heavy atom. The number of aryl methyl sites for hydroxylation is 1. The molecule has 1 aromatic rings. The number of nitrogens with zero attached hydrogens (tertiary/aromatic N) is 1. The average Bonchev–Trinajstić information content (AvgIpc) is 3.44. The molecule has 7 nitrogen and oxygen atoms in total. The van der Waals surface area contributed by atoms with Crippen LogP contribution < -0.4 is 5.32 Å². The molecular weight excluding hydrogens is 356 g/mol. The third-order valence-electron chi connectivity index (χ3n) is 4.34. The third-order valence-corrected chi connectivity index (χ3v) is 6.08. The number of hydrogen-bond donors (Lipinski definition) is 1. The maximum absolute atomic E-state index is 12.2. The van der Waals surface area contributed by atoms with Crippen LogP contribution in [0, 0.1) is 24.2 Å².